The number of aromatic nitrogens is 6. The average molecular weight is 242 g/mol. The molecule has 0 fully saturated rings. The third kappa shape index (κ3) is 1.57. The second-order valence-corrected chi connectivity index (χ2v) is 4.17. The molecule has 6 heteroatoms. The highest BCUT2D eigenvalue weighted by Gasteiger charge is 2.12. The third-order valence-corrected chi connectivity index (χ3v) is 2.93. The molecule has 0 aliphatic carbocycles. The Morgan fingerprint density at radius 2 is 2.11 bits per heavy atom. The van der Waals surface area contributed by atoms with Gasteiger partial charge in [-0.1, -0.05) is 6.92 Å². The number of rotatable bonds is 3. The zero-order valence-corrected chi connectivity index (χ0v) is 10.4. The van der Waals surface area contributed by atoms with E-state index in [4.69, 9.17) is 0 Å². The minimum Gasteiger partial charge on any atom is -0.287 e. The zero-order valence-electron chi connectivity index (χ0n) is 10.4. The second-order valence-electron chi connectivity index (χ2n) is 4.17. The Morgan fingerprint density at radius 1 is 1.22 bits per heavy atom. The van der Waals surface area contributed by atoms with Gasteiger partial charge in [0.05, 0.1) is 11.6 Å². The molecule has 92 valence electrons. The Kier molecular flexibility index (Phi) is 2.55. The van der Waals surface area contributed by atoms with Crippen molar-refractivity contribution in [3.8, 4) is 5.82 Å². The van der Waals surface area contributed by atoms with Crippen LogP contribution in [0, 0.1) is 0 Å². The van der Waals surface area contributed by atoms with E-state index < -0.39 is 0 Å². The zero-order chi connectivity index (χ0) is 12.5. The summed E-state index contributed by atoms with van der Waals surface area (Å²) < 4.78 is 3.76. The molecule has 0 saturated carbocycles. The van der Waals surface area contributed by atoms with Crippen molar-refractivity contribution in [1.82, 2.24) is 29.3 Å². The third-order valence-electron chi connectivity index (χ3n) is 2.93. The van der Waals surface area contributed by atoms with E-state index in [0.29, 0.717) is 0 Å². The summed E-state index contributed by atoms with van der Waals surface area (Å²) in [6.07, 6.45) is 9.07. The largest absolute Gasteiger partial charge is 0.287 e. The van der Waals surface area contributed by atoms with Crippen molar-refractivity contribution in [3.05, 3.63) is 30.7 Å². The maximum atomic E-state index is 4.37. The van der Waals surface area contributed by atoms with E-state index in [9.17, 15) is 0 Å². The molecular weight excluding hydrogens is 228 g/mol. The monoisotopic (exact) mass is 242 g/mol. The highest BCUT2D eigenvalue weighted by atomic mass is 15.3. The van der Waals surface area contributed by atoms with Gasteiger partial charge in [0.15, 0.2) is 11.5 Å². The van der Waals surface area contributed by atoms with Crippen molar-refractivity contribution in [3.63, 3.8) is 0 Å². The Bertz CT molecular complexity index is 681. The van der Waals surface area contributed by atoms with Crippen LogP contribution in [0.4, 0.5) is 0 Å². The van der Waals surface area contributed by atoms with Crippen LogP contribution >= 0.6 is 0 Å². The van der Waals surface area contributed by atoms with Gasteiger partial charge in [0.1, 0.15) is 12.2 Å². The van der Waals surface area contributed by atoms with Crippen LogP contribution in [0.1, 0.15) is 19.2 Å². The average Bonchev–Trinajstić information content (AvgIpc) is 2.98. The van der Waals surface area contributed by atoms with E-state index in [1.54, 1.807) is 23.4 Å². The number of hydrogen-bond acceptors (Lipinski definition) is 4. The first-order valence-electron chi connectivity index (χ1n) is 5.96. The Morgan fingerprint density at radius 3 is 2.94 bits per heavy atom. The molecular formula is C12H14N6. The first-order chi connectivity index (χ1) is 8.81. The molecule has 0 bridgehead atoms. The van der Waals surface area contributed by atoms with Gasteiger partial charge in [0.25, 0.3) is 0 Å². The predicted octanol–water partition coefficient (Wildman–Crippen LogP) is 1.50. The van der Waals surface area contributed by atoms with Crippen LogP contribution in [0.25, 0.3) is 16.9 Å². The van der Waals surface area contributed by atoms with Crippen LogP contribution in [-0.2, 0) is 13.5 Å². The van der Waals surface area contributed by atoms with Gasteiger partial charge >= 0.3 is 0 Å². The van der Waals surface area contributed by atoms with Gasteiger partial charge in [-0.05, 0) is 6.42 Å². The summed E-state index contributed by atoms with van der Waals surface area (Å²) in [6, 6.07) is 0. The normalized spacial score (nSPS) is 11.2. The van der Waals surface area contributed by atoms with Gasteiger partial charge in [-0.3, -0.25) is 9.25 Å². The van der Waals surface area contributed by atoms with E-state index >= 15 is 0 Å². The molecule has 0 atom stereocenters. The molecule has 0 amide bonds. The summed E-state index contributed by atoms with van der Waals surface area (Å²) in [4.78, 5) is 13.0. The molecule has 3 aromatic rings. The number of aryl methyl sites for hydroxylation is 2. The van der Waals surface area contributed by atoms with Crippen molar-refractivity contribution < 1.29 is 0 Å². The molecule has 0 spiro atoms. The van der Waals surface area contributed by atoms with Gasteiger partial charge < -0.3 is 0 Å². The summed E-state index contributed by atoms with van der Waals surface area (Å²) in [5, 5.41) is 5.16. The molecule has 0 aliphatic heterocycles. The fraction of sp³-hybridized carbons (Fsp3) is 0.333. The van der Waals surface area contributed by atoms with E-state index in [1.807, 2.05) is 17.8 Å². The lowest BCUT2D eigenvalue weighted by atomic mass is 10.3. The quantitative estimate of drug-likeness (QED) is 0.698. The van der Waals surface area contributed by atoms with E-state index in [-0.39, 0.29) is 0 Å². The summed E-state index contributed by atoms with van der Waals surface area (Å²) in [5.41, 5.74) is 0.830. The maximum Gasteiger partial charge on any atom is 0.163 e. The lowest BCUT2D eigenvalue weighted by molar-refractivity contribution is 0.782. The molecule has 3 rings (SSSR count). The highest BCUT2D eigenvalue weighted by molar-refractivity contribution is 5.81. The lowest BCUT2D eigenvalue weighted by Crippen LogP contribution is -2.04. The summed E-state index contributed by atoms with van der Waals surface area (Å²) in [6.45, 7) is 2.14. The minimum absolute atomic E-state index is 0.830. The van der Waals surface area contributed by atoms with Crippen LogP contribution in [0.15, 0.2) is 24.9 Å². The van der Waals surface area contributed by atoms with Crippen LogP contribution in [0.2, 0.25) is 0 Å². The van der Waals surface area contributed by atoms with E-state index in [0.717, 1.165) is 35.5 Å². The van der Waals surface area contributed by atoms with Gasteiger partial charge in [-0.25, -0.2) is 15.0 Å². The van der Waals surface area contributed by atoms with Crippen LogP contribution < -0.4 is 0 Å². The highest BCUT2D eigenvalue weighted by Crippen LogP contribution is 2.18. The lowest BCUT2D eigenvalue weighted by Gasteiger charge is -2.06. The van der Waals surface area contributed by atoms with Gasteiger partial charge in [-0.15, -0.1) is 0 Å². The molecule has 0 N–H and O–H groups in total. The molecule has 0 aliphatic rings. The molecule has 0 unspecified atom stereocenters. The van der Waals surface area contributed by atoms with Gasteiger partial charge in [0, 0.05) is 25.9 Å². The smallest absolute Gasteiger partial charge is 0.163 e. The Hall–Kier alpha value is -2.24. The number of hydrogen-bond donors (Lipinski definition) is 0. The number of fused-ring (bicyclic) bond motifs is 1. The summed E-state index contributed by atoms with van der Waals surface area (Å²) >= 11 is 0. The first-order valence-corrected chi connectivity index (χ1v) is 5.96. The van der Waals surface area contributed by atoms with Crippen LogP contribution in [-0.4, -0.2) is 29.3 Å². The molecule has 6 nitrogen and oxygen atoms in total. The van der Waals surface area contributed by atoms with Crippen LogP contribution in [0.3, 0.4) is 0 Å². The van der Waals surface area contributed by atoms with Gasteiger partial charge in [0.2, 0.25) is 0 Å². The Balaban J connectivity index is 2.22. The van der Waals surface area contributed by atoms with Crippen LogP contribution in [0.5, 0.6) is 0 Å². The van der Waals surface area contributed by atoms with Crippen molar-refractivity contribution in [2.75, 3.05) is 0 Å². The van der Waals surface area contributed by atoms with Crippen molar-refractivity contribution >= 4 is 11.0 Å². The molecule has 0 aromatic carbocycles. The van der Waals surface area contributed by atoms with Gasteiger partial charge in [-0.2, -0.15) is 5.10 Å². The molecule has 3 heterocycles. The fourth-order valence-corrected chi connectivity index (χ4v) is 2.08. The molecule has 18 heavy (non-hydrogen) atoms. The first kappa shape index (κ1) is 10.9. The standard InChI is InChI=1S/C12H14N6/c1-3-4-10-13-5-6-18(10)12-9-7-16-17(2)11(9)14-8-15-12/h5-8H,3-4H2,1-2H3. The predicted molar refractivity (Wildman–Crippen MR) is 67.4 cm³/mol. The topological polar surface area (TPSA) is 61.4 Å². The SMILES string of the molecule is CCCc1nccn1-c1ncnc2c1cnn2C. The number of imidazole rings is 1. The summed E-state index contributed by atoms with van der Waals surface area (Å²) in [7, 11) is 1.87. The number of nitrogens with zero attached hydrogens (tertiary/aromatic N) is 6. The van der Waals surface area contributed by atoms with E-state index in [1.165, 1.54) is 0 Å². The Labute approximate surface area is 104 Å². The second kappa shape index (κ2) is 4.21. The van der Waals surface area contributed by atoms with Crippen molar-refractivity contribution in [2.45, 2.75) is 19.8 Å². The van der Waals surface area contributed by atoms with Crippen molar-refractivity contribution in [1.29, 1.82) is 0 Å². The van der Waals surface area contributed by atoms with Crippen molar-refractivity contribution in [2.24, 2.45) is 7.05 Å². The minimum atomic E-state index is 0.830. The molecule has 3 aromatic heterocycles. The fourth-order valence-electron chi connectivity index (χ4n) is 2.08. The maximum absolute atomic E-state index is 4.37. The van der Waals surface area contributed by atoms with E-state index in [2.05, 4.69) is 27.0 Å². The molecule has 0 radical (unpaired) electrons. The summed E-state index contributed by atoms with van der Waals surface area (Å²) in [5.74, 6) is 1.86. The molecule has 0 saturated heterocycles.